The first kappa shape index (κ1) is 23.0. The van der Waals surface area contributed by atoms with E-state index in [1.165, 1.54) is 21.2 Å². The Bertz CT molecular complexity index is 915. The monoisotopic (exact) mass is 523 g/mol. The molecule has 5 heteroatoms. The molecule has 0 heterocycles. The fourth-order valence-electron chi connectivity index (χ4n) is 3.61. The number of alkyl halides is 2. The van der Waals surface area contributed by atoms with E-state index < -0.39 is 24.5 Å². The molecule has 31 heavy (non-hydrogen) atoms. The summed E-state index contributed by atoms with van der Waals surface area (Å²) in [6.07, 6.45) is 0. The van der Waals surface area contributed by atoms with Crippen LogP contribution in [-0.4, -0.2) is 8.70 Å². The van der Waals surface area contributed by atoms with Crippen molar-refractivity contribution in [2.45, 2.75) is 8.70 Å². The normalized spacial score (nSPS) is 12.8. The van der Waals surface area contributed by atoms with Crippen LogP contribution in [-0.2, 0) is 15.5 Å². The Morgan fingerprint density at radius 1 is 0.516 bits per heavy atom. The van der Waals surface area contributed by atoms with E-state index in [4.69, 9.17) is 38.7 Å². The Morgan fingerprint density at radius 3 is 0.935 bits per heavy atom. The molecule has 0 saturated heterocycles. The van der Waals surface area contributed by atoms with Crippen molar-refractivity contribution >= 4 is 60.3 Å². The van der Waals surface area contributed by atoms with Crippen molar-refractivity contribution in [3.8, 4) is 0 Å². The minimum absolute atomic E-state index is 0.632. The van der Waals surface area contributed by atoms with E-state index in [-0.39, 0.29) is 0 Å². The van der Waals surface area contributed by atoms with Gasteiger partial charge in [0.2, 0.25) is 0 Å². The van der Waals surface area contributed by atoms with Gasteiger partial charge < -0.3 is 0 Å². The van der Waals surface area contributed by atoms with Crippen LogP contribution in [0.2, 0.25) is 0 Å². The molecule has 4 rings (SSSR count). The van der Waals surface area contributed by atoms with Gasteiger partial charge in [-0.3, -0.25) is 0 Å². The van der Waals surface area contributed by atoms with Crippen LogP contribution in [0, 0.1) is 0 Å². The van der Waals surface area contributed by atoms with Gasteiger partial charge in [0.15, 0.2) is 0 Å². The molecule has 0 aromatic heterocycles. The Labute approximate surface area is 204 Å². The van der Waals surface area contributed by atoms with Crippen LogP contribution in [0.1, 0.15) is 0 Å². The van der Waals surface area contributed by atoms with Crippen molar-refractivity contribution in [1.82, 2.24) is 0 Å². The molecule has 0 bridgehead atoms. The molecule has 0 amide bonds. The molecule has 159 valence electrons. The van der Waals surface area contributed by atoms with E-state index in [1.54, 1.807) is 0 Å². The molecule has 0 N–H and O–H groups in total. The van der Waals surface area contributed by atoms with Crippen molar-refractivity contribution in [2.75, 3.05) is 0 Å². The third-order valence-corrected chi connectivity index (χ3v) is 14.1. The topological polar surface area (TPSA) is 0 Å². The van der Waals surface area contributed by atoms with Gasteiger partial charge in [-0.1, -0.05) is 0 Å². The van der Waals surface area contributed by atoms with Gasteiger partial charge in [0.1, 0.15) is 0 Å². The molecule has 0 aliphatic heterocycles. The second-order valence-electron chi connectivity index (χ2n) is 6.92. The number of rotatable bonds is 7. The first-order chi connectivity index (χ1) is 15.1. The average molecular weight is 525 g/mol. The number of hydrogen-bond acceptors (Lipinski definition) is 0. The summed E-state index contributed by atoms with van der Waals surface area (Å²) in [5, 5.41) is 4.73. The van der Waals surface area contributed by atoms with Crippen LogP contribution >= 0.6 is 39.0 Å². The summed E-state index contributed by atoms with van der Waals surface area (Å²) in [5.41, 5.74) is 0. The average Bonchev–Trinajstić information content (AvgIpc) is 2.82. The predicted octanol–water partition coefficient (Wildman–Crippen LogP) is 6.26. The molecule has 0 spiro atoms. The zero-order chi connectivity index (χ0) is 21.7. The van der Waals surface area contributed by atoms with Gasteiger partial charge in [-0.2, -0.15) is 0 Å². The molecule has 0 aliphatic rings. The van der Waals surface area contributed by atoms with E-state index in [0.717, 1.165) is 0 Å². The summed E-state index contributed by atoms with van der Waals surface area (Å²) in [6, 6.07) is 41.8. The van der Waals surface area contributed by atoms with E-state index in [1.807, 2.05) is 24.3 Å². The minimum atomic E-state index is -1.05. The molecule has 0 radical (unpaired) electrons. The van der Waals surface area contributed by atoms with Crippen molar-refractivity contribution in [3.05, 3.63) is 121 Å². The molecule has 4 aromatic rings. The van der Waals surface area contributed by atoms with Crippen LogP contribution in [0.15, 0.2) is 121 Å². The van der Waals surface area contributed by atoms with Gasteiger partial charge in [-0.05, 0) is 0 Å². The predicted molar refractivity (Wildman–Crippen MR) is 136 cm³/mol. The number of benzene rings is 4. The van der Waals surface area contributed by atoms with Crippen molar-refractivity contribution < 1.29 is 15.5 Å². The molecule has 0 saturated carbocycles. The maximum absolute atomic E-state index is 7.78. The Kier molecular flexibility index (Phi) is 7.88. The van der Waals surface area contributed by atoms with Crippen molar-refractivity contribution in [2.24, 2.45) is 0 Å². The zero-order valence-electron chi connectivity index (χ0n) is 16.6. The fourth-order valence-corrected chi connectivity index (χ4v) is 12.6. The summed E-state index contributed by atoms with van der Waals surface area (Å²) in [5.74, 6) is 0. The Hall–Kier alpha value is -1.19. The molecule has 1 atom stereocenters. The maximum atomic E-state index is 7.78. The molecular formula is C26H21Cl2NiP2. The summed E-state index contributed by atoms with van der Waals surface area (Å²) >= 11 is 20.1. The van der Waals surface area contributed by atoms with Crippen molar-refractivity contribution in [3.63, 3.8) is 0 Å². The second kappa shape index (κ2) is 10.6. The van der Waals surface area contributed by atoms with E-state index in [2.05, 4.69) is 97.1 Å². The van der Waals surface area contributed by atoms with Crippen LogP contribution in [0.5, 0.6) is 0 Å². The van der Waals surface area contributed by atoms with Gasteiger partial charge >= 0.3 is 206 Å². The van der Waals surface area contributed by atoms with E-state index >= 15 is 0 Å². The number of halogens is 2. The fraction of sp³-hybridized carbons (Fsp3) is 0.0769. The van der Waals surface area contributed by atoms with Crippen LogP contribution in [0.3, 0.4) is 0 Å². The molecular weight excluding hydrogens is 504 g/mol. The molecule has 0 aliphatic carbocycles. The molecule has 1 unspecified atom stereocenters. The zero-order valence-corrected chi connectivity index (χ0v) is 20.9. The summed E-state index contributed by atoms with van der Waals surface area (Å²) in [6.45, 7) is 0. The standard InChI is InChI=1S/C26H21Cl2P2.Ni/c27-21-26(28,29(22-13-5-1-6-14-22)23-15-7-2-8-16-23)30(24-17-9-3-10-18-24)25-19-11-4-12-20-25;/h1-21H;. The Balaban J connectivity index is 2.00. The second-order valence-corrected chi connectivity index (χ2v) is 14.5. The van der Waals surface area contributed by atoms with Gasteiger partial charge in [-0.25, -0.2) is 0 Å². The quantitative estimate of drug-likeness (QED) is 0.152. The third-order valence-electron chi connectivity index (χ3n) is 4.94. The van der Waals surface area contributed by atoms with Crippen molar-refractivity contribution in [1.29, 1.82) is 0 Å². The van der Waals surface area contributed by atoms with Crippen LogP contribution in [0.4, 0.5) is 0 Å². The van der Waals surface area contributed by atoms with E-state index in [0.29, 0.717) is 0 Å². The van der Waals surface area contributed by atoms with Gasteiger partial charge in [0.25, 0.3) is 0 Å². The summed E-state index contributed by atoms with van der Waals surface area (Å²) < 4.78 is -1.48. The van der Waals surface area contributed by atoms with Gasteiger partial charge in [-0.15, -0.1) is 0 Å². The molecule has 0 fully saturated rings. The van der Waals surface area contributed by atoms with E-state index in [9.17, 15) is 0 Å². The first-order valence-electron chi connectivity index (χ1n) is 9.86. The molecule has 0 nitrogen and oxygen atoms in total. The van der Waals surface area contributed by atoms with Gasteiger partial charge in [0, 0.05) is 0 Å². The summed E-state index contributed by atoms with van der Waals surface area (Å²) in [7, 11) is -2.11. The molecule has 4 aromatic carbocycles. The summed E-state index contributed by atoms with van der Waals surface area (Å²) in [4.78, 5) is 0. The first-order valence-corrected chi connectivity index (χ1v) is 13.9. The third kappa shape index (κ3) is 4.93. The Morgan fingerprint density at radius 2 is 0.742 bits per heavy atom. The van der Waals surface area contributed by atoms with Gasteiger partial charge in [0.05, 0.1) is 0 Å². The van der Waals surface area contributed by atoms with Crippen LogP contribution < -0.4 is 21.2 Å². The number of hydrogen-bond donors (Lipinski definition) is 0. The van der Waals surface area contributed by atoms with Crippen LogP contribution in [0.25, 0.3) is 0 Å². The SMILES string of the molecule is Cl[CH]([Ni])C(Cl)(P(c1ccccc1)c1ccccc1)P(c1ccccc1)c1ccccc1.